The lowest BCUT2D eigenvalue weighted by Gasteiger charge is -2.25. The molecule has 0 fully saturated rings. The first-order valence-electron chi connectivity index (χ1n) is 6.83. The summed E-state index contributed by atoms with van der Waals surface area (Å²) in [5, 5.41) is 12.8. The van der Waals surface area contributed by atoms with Crippen LogP contribution in [0.25, 0.3) is 0 Å². The van der Waals surface area contributed by atoms with Gasteiger partial charge in [-0.25, -0.2) is 0 Å². The molecule has 0 aliphatic heterocycles. The van der Waals surface area contributed by atoms with Gasteiger partial charge in [0.2, 0.25) is 5.91 Å². The predicted molar refractivity (Wildman–Crippen MR) is 79.0 cm³/mol. The van der Waals surface area contributed by atoms with Crippen LogP contribution < -0.4 is 10.1 Å². The third kappa shape index (κ3) is 4.42. The summed E-state index contributed by atoms with van der Waals surface area (Å²) in [6, 6.07) is 5.14. The Morgan fingerprint density at radius 2 is 2.20 bits per heavy atom. The lowest BCUT2D eigenvalue weighted by molar-refractivity contribution is -0.122. The average Bonchev–Trinajstić information content (AvgIpc) is 2.44. The fourth-order valence-electron chi connectivity index (χ4n) is 1.92. The van der Waals surface area contributed by atoms with Gasteiger partial charge in [0, 0.05) is 24.2 Å². The van der Waals surface area contributed by atoms with Crippen LogP contribution >= 0.6 is 0 Å². The number of nitrogens with zero attached hydrogens (tertiary/aromatic N) is 1. The molecule has 1 unspecified atom stereocenters. The molecule has 112 valence electrons. The molecule has 0 aromatic heterocycles. The summed E-state index contributed by atoms with van der Waals surface area (Å²) < 4.78 is 5.06. The van der Waals surface area contributed by atoms with Gasteiger partial charge in [0.05, 0.1) is 13.7 Å². The van der Waals surface area contributed by atoms with Crippen molar-refractivity contribution in [3.63, 3.8) is 0 Å². The van der Waals surface area contributed by atoms with Crippen LogP contribution in [0, 0.1) is 0 Å². The van der Waals surface area contributed by atoms with E-state index in [1.54, 1.807) is 19.2 Å². The van der Waals surface area contributed by atoms with Gasteiger partial charge < -0.3 is 15.2 Å². The molecule has 1 aromatic carbocycles. The number of ether oxygens (including phenoxy) is 1. The van der Waals surface area contributed by atoms with Crippen molar-refractivity contribution in [1.82, 2.24) is 10.2 Å². The zero-order chi connectivity index (χ0) is 15.1. The summed E-state index contributed by atoms with van der Waals surface area (Å²) in [7, 11) is 3.42. The molecule has 0 aliphatic rings. The molecule has 0 bridgehead atoms. The van der Waals surface area contributed by atoms with Gasteiger partial charge in [-0.2, -0.15) is 0 Å². The molecule has 0 spiro atoms. The fraction of sp³-hybridized carbons (Fsp3) is 0.533. The van der Waals surface area contributed by atoms with Crippen LogP contribution in [0.2, 0.25) is 0 Å². The van der Waals surface area contributed by atoms with E-state index in [4.69, 9.17) is 4.74 Å². The largest absolute Gasteiger partial charge is 0.507 e. The Morgan fingerprint density at radius 3 is 2.75 bits per heavy atom. The van der Waals surface area contributed by atoms with Gasteiger partial charge >= 0.3 is 0 Å². The van der Waals surface area contributed by atoms with Crippen molar-refractivity contribution in [1.29, 1.82) is 0 Å². The van der Waals surface area contributed by atoms with E-state index in [1.807, 2.05) is 31.9 Å². The minimum atomic E-state index is -0.0618. The Hall–Kier alpha value is -1.75. The molecule has 0 radical (unpaired) electrons. The lowest BCUT2D eigenvalue weighted by atomic mass is 10.1. The van der Waals surface area contributed by atoms with E-state index >= 15 is 0 Å². The second-order valence-corrected chi connectivity index (χ2v) is 4.87. The molecule has 0 saturated heterocycles. The number of hydrogen-bond donors (Lipinski definition) is 2. The molecule has 2 N–H and O–H groups in total. The predicted octanol–water partition coefficient (Wildman–Crippen LogP) is 1.92. The van der Waals surface area contributed by atoms with Crippen LogP contribution in [0.15, 0.2) is 18.2 Å². The highest BCUT2D eigenvalue weighted by Gasteiger charge is 2.17. The molecule has 0 heterocycles. The number of likely N-dealkylation sites (N-methyl/N-ethyl adjacent to an activating group) is 1. The highest BCUT2D eigenvalue weighted by Crippen LogP contribution is 2.30. The normalized spacial score (nSPS) is 12.2. The van der Waals surface area contributed by atoms with Gasteiger partial charge in [-0.15, -0.1) is 0 Å². The van der Waals surface area contributed by atoms with E-state index in [-0.39, 0.29) is 17.7 Å². The molecule has 1 amide bonds. The van der Waals surface area contributed by atoms with Gasteiger partial charge in [0.25, 0.3) is 0 Å². The van der Waals surface area contributed by atoms with E-state index in [0.717, 1.165) is 12.0 Å². The summed E-state index contributed by atoms with van der Waals surface area (Å²) in [6.07, 6.45) is 0.921. The summed E-state index contributed by atoms with van der Waals surface area (Å²) in [4.78, 5) is 13.6. The summed E-state index contributed by atoms with van der Waals surface area (Å²) in [6.45, 7) is 4.96. The van der Waals surface area contributed by atoms with E-state index in [0.29, 0.717) is 18.8 Å². The maximum atomic E-state index is 11.7. The first-order chi connectivity index (χ1) is 9.49. The number of nitrogens with one attached hydrogen (secondary N) is 1. The molecular formula is C15H24N2O3. The van der Waals surface area contributed by atoms with Gasteiger partial charge in [0.1, 0.15) is 11.5 Å². The molecule has 20 heavy (non-hydrogen) atoms. The van der Waals surface area contributed by atoms with Crippen molar-refractivity contribution in [2.24, 2.45) is 0 Å². The van der Waals surface area contributed by atoms with Crippen molar-refractivity contribution in [2.45, 2.75) is 26.3 Å². The highest BCUT2D eigenvalue weighted by atomic mass is 16.5. The minimum Gasteiger partial charge on any atom is -0.507 e. The zero-order valence-electron chi connectivity index (χ0n) is 12.6. The van der Waals surface area contributed by atoms with Crippen LogP contribution in [-0.4, -0.2) is 43.2 Å². The minimum absolute atomic E-state index is 0.00537. The monoisotopic (exact) mass is 280 g/mol. The Balaban J connectivity index is 2.68. The molecule has 5 nitrogen and oxygen atoms in total. The average molecular weight is 280 g/mol. The number of methoxy groups -OCH3 is 1. The van der Waals surface area contributed by atoms with Crippen LogP contribution in [0.4, 0.5) is 0 Å². The number of carbonyl (C=O) groups excluding carboxylic acids is 1. The van der Waals surface area contributed by atoms with Crippen LogP contribution in [0.3, 0.4) is 0 Å². The maximum Gasteiger partial charge on any atom is 0.234 e. The number of carbonyl (C=O) groups is 1. The number of hydrogen-bond acceptors (Lipinski definition) is 4. The highest BCUT2D eigenvalue weighted by molar-refractivity contribution is 5.78. The van der Waals surface area contributed by atoms with Crippen LogP contribution in [0.5, 0.6) is 11.5 Å². The summed E-state index contributed by atoms with van der Waals surface area (Å²) in [5.74, 6) is 0.786. The number of benzene rings is 1. The quantitative estimate of drug-likeness (QED) is 0.801. The molecule has 5 heteroatoms. The molecule has 1 rings (SSSR count). The SMILES string of the molecule is CCCNC(=O)CN(C)C(C)c1ccc(OC)cc1O. The van der Waals surface area contributed by atoms with Crippen LogP contribution in [0.1, 0.15) is 31.9 Å². The first-order valence-corrected chi connectivity index (χ1v) is 6.83. The third-order valence-corrected chi connectivity index (χ3v) is 3.31. The molecule has 0 aliphatic carbocycles. The topological polar surface area (TPSA) is 61.8 Å². The van der Waals surface area contributed by atoms with E-state index in [2.05, 4.69) is 5.32 Å². The number of amides is 1. The van der Waals surface area contributed by atoms with Gasteiger partial charge in [0.15, 0.2) is 0 Å². The van der Waals surface area contributed by atoms with Gasteiger partial charge in [-0.05, 0) is 26.5 Å². The van der Waals surface area contributed by atoms with Crippen molar-refractivity contribution in [3.05, 3.63) is 23.8 Å². The Bertz CT molecular complexity index is 449. The van der Waals surface area contributed by atoms with E-state index in [9.17, 15) is 9.90 Å². The summed E-state index contributed by atoms with van der Waals surface area (Å²) >= 11 is 0. The molecule has 0 saturated carbocycles. The molecular weight excluding hydrogens is 256 g/mol. The van der Waals surface area contributed by atoms with Gasteiger partial charge in [-0.1, -0.05) is 13.0 Å². The number of phenolic OH excluding ortho intramolecular Hbond substituents is 1. The lowest BCUT2D eigenvalue weighted by Crippen LogP contribution is -2.36. The van der Waals surface area contributed by atoms with E-state index < -0.39 is 0 Å². The van der Waals surface area contributed by atoms with Crippen molar-refractivity contribution < 1.29 is 14.6 Å². The van der Waals surface area contributed by atoms with Gasteiger partial charge in [-0.3, -0.25) is 9.69 Å². The number of rotatable bonds is 7. The third-order valence-electron chi connectivity index (χ3n) is 3.31. The Morgan fingerprint density at radius 1 is 1.50 bits per heavy atom. The molecule has 1 aromatic rings. The van der Waals surface area contributed by atoms with Crippen molar-refractivity contribution in [3.8, 4) is 11.5 Å². The van der Waals surface area contributed by atoms with E-state index in [1.165, 1.54) is 0 Å². The van der Waals surface area contributed by atoms with Crippen molar-refractivity contribution in [2.75, 3.05) is 27.2 Å². The van der Waals surface area contributed by atoms with Crippen LogP contribution in [-0.2, 0) is 4.79 Å². The molecule has 1 atom stereocenters. The smallest absolute Gasteiger partial charge is 0.234 e. The Kier molecular flexibility index (Phi) is 6.31. The van der Waals surface area contributed by atoms with Crippen molar-refractivity contribution >= 4 is 5.91 Å². The number of phenols is 1. The fourth-order valence-corrected chi connectivity index (χ4v) is 1.92. The zero-order valence-corrected chi connectivity index (χ0v) is 12.6. The Labute approximate surface area is 120 Å². The second kappa shape index (κ2) is 7.75. The second-order valence-electron chi connectivity index (χ2n) is 4.87. The maximum absolute atomic E-state index is 11.7. The number of aromatic hydroxyl groups is 1. The standard InChI is InChI=1S/C15H24N2O3/c1-5-8-16-15(19)10-17(3)11(2)13-7-6-12(20-4)9-14(13)18/h6-7,9,11,18H,5,8,10H2,1-4H3,(H,16,19). The first kappa shape index (κ1) is 16.3. The summed E-state index contributed by atoms with van der Waals surface area (Å²) in [5.41, 5.74) is 0.775.